The first-order valence-corrected chi connectivity index (χ1v) is 8.88. The minimum atomic E-state index is -0.159. The number of Topliss-reactive ketones (excluding diaryl/α,β-unsaturated/α-hetero) is 1. The number of fused-ring (bicyclic) bond motifs is 2. The Morgan fingerprint density at radius 1 is 0.962 bits per heavy atom. The number of pyridine rings is 1. The van der Waals surface area contributed by atoms with E-state index in [2.05, 4.69) is 58.2 Å². The van der Waals surface area contributed by atoms with E-state index >= 15 is 0 Å². The number of benzene rings is 2. The molecule has 2 aromatic carbocycles. The first kappa shape index (κ1) is 15.1. The highest BCUT2D eigenvalue weighted by molar-refractivity contribution is 6.14. The lowest BCUT2D eigenvalue weighted by Crippen LogP contribution is -2.09. The van der Waals surface area contributed by atoms with Crippen molar-refractivity contribution in [3.63, 3.8) is 0 Å². The van der Waals surface area contributed by atoms with Gasteiger partial charge in [0.1, 0.15) is 0 Å². The molecule has 126 valence electrons. The van der Waals surface area contributed by atoms with E-state index in [0.717, 1.165) is 34.3 Å². The standard InChI is InChI=1S/C23H18N2O/c1-15-17-8-5-9-21-22(17)20(19-12-24-11-10-18(19)23(15)26)14-25(21)13-16-6-3-2-4-7-16/h2-12,14-15H,13H2,1H3. The largest absolute Gasteiger partial charge is 0.342 e. The van der Waals surface area contributed by atoms with Crippen LogP contribution in [0, 0.1) is 0 Å². The molecule has 0 bridgehead atoms. The highest BCUT2D eigenvalue weighted by Crippen LogP contribution is 2.42. The Kier molecular flexibility index (Phi) is 3.29. The number of hydrogen-bond donors (Lipinski definition) is 0. The van der Waals surface area contributed by atoms with Crippen molar-refractivity contribution in [2.45, 2.75) is 19.4 Å². The van der Waals surface area contributed by atoms with Gasteiger partial charge in [0.25, 0.3) is 0 Å². The van der Waals surface area contributed by atoms with Crippen LogP contribution in [0.25, 0.3) is 22.0 Å². The van der Waals surface area contributed by atoms with Crippen molar-refractivity contribution in [2.75, 3.05) is 0 Å². The number of nitrogens with zero attached hydrogens (tertiary/aromatic N) is 2. The normalized spacial score (nSPS) is 15.7. The number of carbonyl (C=O) groups is 1. The number of carbonyl (C=O) groups excluding carboxylic acids is 1. The van der Waals surface area contributed by atoms with Crippen LogP contribution in [-0.4, -0.2) is 15.3 Å². The van der Waals surface area contributed by atoms with Crippen molar-refractivity contribution in [3.05, 3.63) is 89.9 Å². The lowest BCUT2D eigenvalue weighted by atomic mass is 9.92. The zero-order valence-corrected chi connectivity index (χ0v) is 14.5. The molecule has 0 spiro atoms. The molecule has 1 aliphatic rings. The second-order valence-electron chi connectivity index (χ2n) is 6.90. The molecular weight excluding hydrogens is 320 g/mol. The highest BCUT2D eigenvalue weighted by atomic mass is 16.1. The zero-order valence-electron chi connectivity index (χ0n) is 14.5. The molecule has 0 amide bonds. The van der Waals surface area contributed by atoms with Crippen LogP contribution in [0.15, 0.2) is 73.2 Å². The lowest BCUT2D eigenvalue weighted by molar-refractivity contribution is 0.0967. The van der Waals surface area contributed by atoms with Crippen LogP contribution in [0.3, 0.4) is 0 Å². The maximum Gasteiger partial charge on any atom is 0.170 e. The molecule has 0 N–H and O–H groups in total. The molecule has 3 nitrogen and oxygen atoms in total. The number of rotatable bonds is 2. The minimum Gasteiger partial charge on any atom is -0.342 e. The van der Waals surface area contributed by atoms with Gasteiger partial charge in [-0.15, -0.1) is 0 Å². The van der Waals surface area contributed by atoms with Crippen LogP contribution < -0.4 is 0 Å². The molecule has 0 aliphatic heterocycles. The number of hydrogen-bond acceptors (Lipinski definition) is 2. The molecule has 1 unspecified atom stereocenters. The molecule has 0 saturated carbocycles. The van der Waals surface area contributed by atoms with E-state index in [-0.39, 0.29) is 11.7 Å². The molecule has 1 atom stereocenters. The van der Waals surface area contributed by atoms with Gasteiger partial charge in [-0.3, -0.25) is 9.78 Å². The fourth-order valence-corrected chi connectivity index (χ4v) is 4.05. The van der Waals surface area contributed by atoms with Gasteiger partial charge in [-0.2, -0.15) is 0 Å². The van der Waals surface area contributed by atoms with Crippen LogP contribution in [0.4, 0.5) is 0 Å². The summed E-state index contributed by atoms with van der Waals surface area (Å²) in [6, 6.07) is 18.6. The molecule has 0 radical (unpaired) electrons. The third-order valence-corrected chi connectivity index (χ3v) is 5.37. The molecule has 1 aliphatic carbocycles. The summed E-state index contributed by atoms with van der Waals surface area (Å²) in [7, 11) is 0. The van der Waals surface area contributed by atoms with Gasteiger partial charge >= 0.3 is 0 Å². The average molecular weight is 338 g/mol. The van der Waals surface area contributed by atoms with Crippen LogP contribution in [0.5, 0.6) is 0 Å². The summed E-state index contributed by atoms with van der Waals surface area (Å²) >= 11 is 0. The van der Waals surface area contributed by atoms with Crippen molar-refractivity contribution in [1.82, 2.24) is 9.55 Å². The SMILES string of the molecule is CC1C(=O)c2ccncc2-c2cn(Cc3ccccc3)c3cccc1c23. The summed E-state index contributed by atoms with van der Waals surface area (Å²) in [5.74, 6) is 0.00869. The van der Waals surface area contributed by atoms with Crippen LogP contribution >= 0.6 is 0 Å². The van der Waals surface area contributed by atoms with Gasteiger partial charge in [0.2, 0.25) is 0 Å². The Morgan fingerprint density at radius 3 is 2.65 bits per heavy atom. The number of ketones is 1. The fourth-order valence-electron chi connectivity index (χ4n) is 4.05. The smallest absolute Gasteiger partial charge is 0.170 e. The third-order valence-electron chi connectivity index (χ3n) is 5.37. The molecule has 2 aromatic heterocycles. The van der Waals surface area contributed by atoms with E-state index in [9.17, 15) is 4.79 Å². The van der Waals surface area contributed by atoms with Gasteiger partial charge < -0.3 is 4.57 Å². The summed E-state index contributed by atoms with van der Waals surface area (Å²) in [4.78, 5) is 17.3. The molecule has 5 rings (SSSR count). The van der Waals surface area contributed by atoms with E-state index in [1.165, 1.54) is 10.9 Å². The van der Waals surface area contributed by atoms with Crippen molar-refractivity contribution in [3.8, 4) is 11.1 Å². The Labute approximate surface area is 151 Å². The monoisotopic (exact) mass is 338 g/mol. The molecule has 0 saturated heterocycles. The zero-order chi connectivity index (χ0) is 17.7. The van der Waals surface area contributed by atoms with E-state index < -0.39 is 0 Å². The van der Waals surface area contributed by atoms with Crippen LogP contribution in [0.1, 0.15) is 34.3 Å². The predicted octanol–water partition coefficient (Wildman–Crippen LogP) is 5.05. The molecule has 26 heavy (non-hydrogen) atoms. The predicted molar refractivity (Wildman–Crippen MR) is 103 cm³/mol. The lowest BCUT2D eigenvalue weighted by Gasteiger charge is -2.12. The maximum atomic E-state index is 13.0. The summed E-state index contributed by atoms with van der Waals surface area (Å²) in [6.45, 7) is 2.81. The molecule has 4 aromatic rings. The Morgan fingerprint density at radius 2 is 1.81 bits per heavy atom. The second-order valence-corrected chi connectivity index (χ2v) is 6.90. The highest BCUT2D eigenvalue weighted by Gasteiger charge is 2.29. The Hall–Kier alpha value is -3.20. The summed E-state index contributed by atoms with van der Waals surface area (Å²) in [5.41, 5.74) is 6.33. The van der Waals surface area contributed by atoms with Gasteiger partial charge in [-0.05, 0) is 23.3 Å². The Bertz CT molecular complexity index is 1140. The fraction of sp³-hybridized carbons (Fsp3) is 0.130. The maximum absolute atomic E-state index is 13.0. The van der Waals surface area contributed by atoms with Gasteiger partial charge in [0, 0.05) is 58.6 Å². The third kappa shape index (κ3) is 2.14. The van der Waals surface area contributed by atoms with Gasteiger partial charge in [-0.25, -0.2) is 0 Å². The second kappa shape index (κ2) is 5.67. The van der Waals surface area contributed by atoms with Crippen molar-refractivity contribution in [1.29, 1.82) is 0 Å². The number of aromatic nitrogens is 2. The first-order valence-electron chi connectivity index (χ1n) is 8.88. The van der Waals surface area contributed by atoms with E-state index in [1.54, 1.807) is 6.20 Å². The molecule has 3 heteroatoms. The van der Waals surface area contributed by atoms with Gasteiger partial charge in [0.05, 0.1) is 0 Å². The minimum absolute atomic E-state index is 0.159. The molecular formula is C23H18N2O. The average Bonchev–Trinajstić information content (AvgIpc) is 3.02. The summed E-state index contributed by atoms with van der Waals surface area (Å²) in [6.07, 6.45) is 5.70. The van der Waals surface area contributed by atoms with Crippen molar-refractivity contribution in [2.24, 2.45) is 0 Å². The van der Waals surface area contributed by atoms with Crippen LogP contribution in [-0.2, 0) is 6.54 Å². The van der Waals surface area contributed by atoms with E-state index in [0.29, 0.717) is 0 Å². The van der Waals surface area contributed by atoms with Gasteiger partial charge in [-0.1, -0.05) is 49.4 Å². The van der Waals surface area contributed by atoms with E-state index in [4.69, 9.17) is 0 Å². The first-order chi connectivity index (χ1) is 12.7. The van der Waals surface area contributed by atoms with E-state index in [1.807, 2.05) is 25.3 Å². The molecule has 0 fully saturated rings. The van der Waals surface area contributed by atoms with Crippen LogP contribution in [0.2, 0.25) is 0 Å². The van der Waals surface area contributed by atoms with Crippen molar-refractivity contribution < 1.29 is 4.79 Å². The quantitative estimate of drug-likeness (QED) is 0.512. The molecule has 2 heterocycles. The van der Waals surface area contributed by atoms with Crippen molar-refractivity contribution >= 4 is 16.7 Å². The summed E-state index contributed by atoms with van der Waals surface area (Å²) in [5, 5.41) is 1.18. The summed E-state index contributed by atoms with van der Waals surface area (Å²) < 4.78 is 2.28. The van der Waals surface area contributed by atoms with Gasteiger partial charge in [0.15, 0.2) is 5.78 Å². The topological polar surface area (TPSA) is 34.9 Å². The Balaban J connectivity index is 1.80.